The Hall–Kier alpha value is -0.370. The van der Waals surface area contributed by atoms with Crippen LogP contribution in [0.3, 0.4) is 0 Å². The van der Waals surface area contributed by atoms with Gasteiger partial charge >= 0.3 is 0 Å². The lowest BCUT2D eigenvalue weighted by atomic mass is 10.1. The van der Waals surface area contributed by atoms with Crippen LogP contribution in [0.15, 0.2) is 0 Å². The van der Waals surface area contributed by atoms with Crippen LogP contribution in [0.25, 0.3) is 0 Å². The van der Waals surface area contributed by atoms with Gasteiger partial charge in [-0.1, -0.05) is 0 Å². The molecule has 9 heavy (non-hydrogen) atoms. The number of aldehydes is 1. The van der Waals surface area contributed by atoms with Crippen LogP contribution in [-0.2, 0) is 4.79 Å². The minimum absolute atomic E-state index is 0.546. The second-order valence-corrected chi connectivity index (χ2v) is 2.29. The van der Waals surface area contributed by atoms with Crippen LogP contribution in [0.4, 0.5) is 0 Å². The molecule has 0 rings (SSSR count). The molecule has 0 heterocycles. The van der Waals surface area contributed by atoms with Crippen molar-refractivity contribution >= 4 is 6.29 Å². The van der Waals surface area contributed by atoms with Crippen molar-refractivity contribution in [1.29, 1.82) is 0 Å². The van der Waals surface area contributed by atoms with Gasteiger partial charge in [0.25, 0.3) is 0 Å². The molecule has 0 bridgehead atoms. The van der Waals surface area contributed by atoms with E-state index in [4.69, 9.17) is 0 Å². The zero-order valence-corrected chi connectivity index (χ0v) is 6.18. The molecule has 2 heteroatoms. The lowest BCUT2D eigenvalue weighted by Gasteiger charge is -2.06. The summed E-state index contributed by atoms with van der Waals surface area (Å²) >= 11 is 0. The van der Waals surface area contributed by atoms with Gasteiger partial charge in [-0.3, -0.25) is 0 Å². The van der Waals surface area contributed by atoms with Crippen LogP contribution in [0.5, 0.6) is 0 Å². The van der Waals surface area contributed by atoms with Crippen molar-refractivity contribution in [2.75, 3.05) is 7.05 Å². The number of carbonyl (C=O) groups excluding carboxylic acids is 1. The highest BCUT2D eigenvalue weighted by molar-refractivity contribution is 5.48. The summed E-state index contributed by atoms with van der Waals surface area (Å²) < 4.78 is 0. The number of carbonyl (C=O) groups is 1. The Bertz CT molecular complexity index is 73.3. The summed E-state index contributed by atoms with van der Waals surface area (Å²) in [6, 6.07) is 0.546. The fraction of sp³-hybridized carbons (Fsp3) is 0.857. The maximum atomic E-state index is 9.85. The molecule has 0 radical (unpaired) electrons. The van der Waals surface area contributed by atoms with Gasteiger partial charge in [0.1, 0.15) is 6.29 Å². The average Bonchev–Trinajstić information content (AvgIpc) is 1.89. The summed E-state index contributed by atoms with van der Waals surface area (Å²) in [5.41, 5.74) is 0. The highest BCUT2D eigenvalue weighted by Gasteiger charge is 1.94. The van der Waals surface area contributed by atoms with Crippen molar-refractivity contribution in [1.82, 2.24) is 5.32 Å². The SMILES string of the molecule is CN[C@@H](C)CCCC=O. The Balaban J connectivity index is 2.96. The molecule has 0 aliphatic rings. The van der Waals surface area contributed by atoms with Crippen molar-refractivity contribution in [3.8, 4) is 0 Å². The molecule has 0 aliphatic heterocycles. The molecule has 0 spiro atoms. The molecule has 0 unspecified atom stereocenters. The van der Waals surface area contributed by atoms with Crippen LogP contribution in [0, 0.1) is 0 Å². The topological polar surface area (TPSA) is 29.1 Å². The van der Waals surface area contributed by atoms with Gasteiger partial charge in [0, 0.05) is 12.5 Å². The highest BCUT2D eigenvalue weighted by atomic mass is 16.1. The van der Waals surface area contributed by atoms with Gasteiger partial charge in [-0.2, -0.15) is 0 Å². The van der Waals surface area contributed by atoms with Crippen molar-refractivity contribution in [3.63, 3.8) is 0 Å². The van der Waals surface area contributed by atoms with Gasteiger partial charge in [0.2, 0.25) is 0 Å². The summed E-state index contributed by atoms with van der Waals surface area (Å²) in [5, 5.41) is 3.11. The molecular weight excluding hydrogens is 114 g/mol. The van der Waals surface area contributed by atoms with Gasteiger partial charge in [-0.25, -0.2) is 0 Å². The quantitative estimate of drug-likeness (QED) is 0.442. The molecule has 0 aromatic heterocycles. The average molecular weight is 129 g/mol. The molecule has 0 aromatic rings. The van der Waals surface area contributed by atoms with E-state index < -0.39 is 0 Å². The second kappa shape index (κ2) is 5.76. The summed E-state index contributed by atoms with van der Waals surface area (Å²) in [5.74, 6) is 0. The first-order valence-electron chi connectivity index (χ1n) is 3.42. The lowest BCUT2D eigenvalue weighted by Crippen LogP contribution is -2.20. The monoisotopic (exact) mass is 129 g/mol. The molecule has 1 N–H and O–H groups in total. The van der Waals surface area contributed by atoms with Gasteiger partial charge in [0.05, 0.1) is 0 Å². The third kappa shape index (κ3) is 5.50. The summed E-state index contributed by atoms with van der Waals surface area (Å²) in [6.45, 7) is 2.12. The zero-order valence-electron chi connectivity index (χ0n) is 6.18. The number of unbranched alkanes of at least 4 members (excludes halogenated alkanes) is 1. The van der Waals surface area contributed by atoms with Crippen LogP contribution in [0.2, 0.25) is 0 Å². The standard InChI is InChI=1S/C7H15NO/c1-7(8-2)5-3-4-6-9/h6-8H,3-5H2,1-2H3/t7-/m0/s1. The van der Waals surface area contributed by atoms with Crippen molar-refractivity contribution < 1.29 is 4.79 Å². The Morgan fingerprint density at radius 2 is 2.33 bits per heavy atom. The van der Waals surface area contributed by atoms with E-state index in [9.17, 15) is 4.79 Å². The Morgan fingerprint density at radius 1 is 1.67 bits per heavy atom. The van der Waals surface area contributed by atoms with E-state index >= 15 is 0 Å². The molecule has 0 amide bonds. The van der Waals surface area contributed by atoms with E-state index in [0.717, 1.165) is 19.1 Å². The first-order chi connectivity index (χ1) is 4.31. The second-order valence-electron chi connectivity index (χ2n) is 2.29. The molecule has 0 saturated heterocycles. The Kier molecular flexibility index (Phi) is 5.52. The number of rotatable bonds is 5. The normalized spacial score (nSPS) is 13.1. The molecule has 0 aromatic carbocycles. The van der Waals surface area contributed by atoms with E-state index in [1.807, 2.05) is 7.05 Å². The largest absolute Gasteiger partial charge is 0.317 e. The third-order valence-corrected chi connectivity index (χ3v) is 1.45. The fourth-order valence-electron chi connectivity index (χ4n) is 0.652. The minimum atomic E-state index is 0.546. The van der Waals surface area contributed by atoms with Crippen LogP contribution in [0.1, 0.15) is 26.2 Å². The third-order valence-electron chi connectivity index (χ3n) is 1.45. The maximum absolute atomic E-state index is 9.85. The molecule has 1 atom stereocenters. The zero-order chi connectivity index (χ0) is 7.11. The smallest absolute Gasteiger partial charge is 0.119 e. The van der Waals surface area contributed by atoms with E-state index in [1.165, 1.54) is 0 Å². The van der Waals surface area contributed by atoms with Crippen LogP contribution >= 0.6 is 0 Å². The molecule has 0 saturated carbocycles. The molecule has 0 aliphatic carbocycles. The molecule has 0 fully saturated rings. The summed E-state index contributed by atoms with van der Waals surface area (Å²) in [7, 11) is 1.94. The van der Waals surface area contributed by atoms with Crippen LogP contribution < -0.4 is 5.32 Å². The first-order valence-corrected chi connectivity index (χ1v) is 3.42. The van der Waals surface area contributed by atoms with Gasteiger partial charge in [-0.05, 0) is 26.8 Å². The predicted molar refractivity (Wildman–Crippen MR) is 38.4 cm³/mol. The number of hydrogen-bond donors (Lipinski definition) is 1. The van der Waals surface area contributed by atoms with E-state index in [0.29, 0.717) is 12.5 Å². The first kappa shape index (κ1) is 8.63. The maximum Gasteiger partial charge on any atom is 0.119 e. The number of nitrogens with one attached hydrogen (secondary N) is 1. The van der Waals surface area contributed by atoms with E-state index in [-0.39, 0.29) is 0 Å². The predicted octanol–water partition coefficient (Wildman–Crippen LogP) is 0.963. The molecule has 2 nitrogen and oxygen atoms in total. The van der Waals surface area contributed by atoms with Crippen molar-refractivity contribution in [3.05, 3.63) is 0 Å². The Morgan fingerprint density at radius 3 is 2.78 bits per heavy atom. The highest BCUT2D eigenvalue weighted by Crippen LogP contribution is 1.96. The number of hydrogen-bond acceptors (Lipinski definition) is 2. The van der Waals surface area contributed by atoms with E-state index in [2.05, 4.69) is 12.2 Å². The van der Waals surface area contributed by atoms with Crippen molar-refractivity contribution in [2.45, 2.75) is 32.2 Å². The lowest BCUT2D eigenvalue weighted by molar-refractivity contribution is -0.107. The van der Waals surface area contributed by atoms with Gasteiger partial charge in [-0.15, -0.1) is 0 Å². The minimum Gasteiger partial charge on any atom is -0.317 e. The van der Waals surface area contributed by atoms with E-state index in [1.54, 1.807) is 0 Å². The fourth-order valence-corrected chi connectivity index (χ4v) is 0.652. The molecule has 54 valence electrons. The Labute approximate surface area is 56.6 Å². The summed E-state index contributed by atoms with van der Waals surface area (Å²) in [6.07, 6.45) is 3.77. The van der Waals surface area contributed by atoms with Gasteiger partial charge < -0.3 is 10.1 Å². The summed E-state index contributed by atoms with van der Waals surface area (Å²) in [4.78, 5) is 9.85. The van der Waals surface area contributed by atoms with Crippen molar-refractivity contribution in [2.24, 2.45) is 0 Å². The van der Waals surface area contributed by atoms with Crippen LogP contribution in [-0.4, -0.2) is 19.4 Å². The van der Waals surface area contributed by atoms with Gasteiger partial charge in [0.15, 0.2) is 0 Å². The molecular formula is C7H15NO.